The number of aryl methyl sites for hydroxylation is 3. The number of thiazole rings is 1. The Morgan fingerprint density at radius 1 is 0.931 bits per heavy atom. The van der Waals surface area contributed by atoms with E-state index in [-0.39, 0.29) is 6.61 Å². The summed E-state index contributed by atoms with van der Waals surface area (Å²) >= 11 is 1.67. The first kappa shape index (κ1) is 19.2. The molecule has 0 aliphatic heterocycles. The highest BCUT2D eigenvalue weighted by atomic mass is 32.1. The third-order valence-corrected chi connectivity index (χ3v) is 5.64. The van der Waals surface area contributed by atoms with E-state index in [1.54, 1.807) is 17.5 Å². The summed E-state index contributed by atoms with van der Waals surface area (Å²) in [5, 5.41) is 13.5. The first-order chi connectivity index (χ1) is 14.2. The van der Waals surface area contributed by atoms with Crippen LogP contribution < -0.4 is 5.32 Å². The van der Waals surface area contributed by atoms with Crippen molar-refractivity contribution in [3.8, 4) is 10.6 Å². The van der Waals surface area contributed by atoms with E-state index in [9.17, 15) is 0 Å². The Hall–Kier alpha value is -3.09. The second kappa shape index (κ2) is 8.94. The maximum atomic E-state index is 9.14. The third-order valence-electron chi connectivity index (χ3n) is 4.56. The summed E-state index contributed by atoms with van der Waals surface area (Å²) in [4.78, 5) is 14.7. The van der Waals surface area contributed by atoms with Crippen LogP contribution in [0.25, 0.3) is 10.6 Å². The molecule has 4 rings (SSSR count). The van der Waals surface area contributed by atoms with Crippen molar-refractivity contribution in [2.45, 2.75) is 26.4 Å². The normalized spacial score (nSPS) is 10.8. The van der Waals surface area contributed by atoms with Gasteiger partial charge in [-0.2, -0.15) is 0 Å². The highest BCUT2D eigenvalue weighted by Crippen LogP contribution is 2.27. The molecule has 2 N–H and O–H groups in total. The molecule has 5 nitrogen and oxygen atoms in total. The Balaban J connectivity index is 1.43. The second-order valence-electron chi connectivity index (χ2n) is 6.84. The van der Waals surface area contributed by atoms with Crippen LogP contribution in [0.1, 0.15) is 21.7 Å². The van der Waals surface area contributed by atoms with Crippen molar-refractivity contribution in [3.63, 3.8) is 0 Å². The summed E-state index contributed by atoms with van der Waals surface area (Å²) in [6, 6.07) is 17.9. The van der Waals surface area contributed by atoms with Crippen molar-refractivity contribution in [2.24, 2.45) is 0 Å². The molecule has 0 radical (unpaired) electrons. The van der Waals surface area contributed by atoms with E-state index in [1.165, 1.54) is 5.56 Å². The lowest BCUT2D eigenvalue weighted by atomic mass is 10.1. The van der Waals surface area contributed by atoms with Crippen LogP contribution in [0.5, 0.6) is 0 Å². The molecule has 0 bridgehead atoms. The Labute approximate surface area is 174 Å². The molecule has 0 unspecified atom stereocenters. The number of pyridine rings is 2. The molecule has 3 heterocycles. The maximum absolute atomic E-state index is 9.14. The largest absolute Gasteiger partial charge is 0.392 e. The van der Waals surface area contributed by atoms with E-state index in [0.717, 1.165) is 51.2 Å². The molecule has 0 fully saturated rings. The zero-order valence-electron chi connectivity index (χ0n) is 16.2. The molecule has 146 valence electrons. The highest BCUT2D eigenvalue weighted by molar-refractivity contribution is 7.15. The fraction of sp³-hybridized carbons (Fsp3) is 0.174. The number of benzene rings is 1. The number of aromatic nitrogens is 3. The number of nitrogens with one attached hydrogen (secondary N) is 1. The average Bonchev–Trinajstić information content (AvgIpc) is 3.22. The van der Waals surface area contributed by atoms with Crippen LogP contribution in [-0.4, -0.2) is 20.1 Å². The molecule has 4 aromatic rings. The van der Waals surface area contributed by atoms with Crippen LogP contribution >= 0.6 is 11.3 Å². The molecular weight excluding hydrogens is 380 g/mol. The fourth-order valence-electron chi connectivity index (χ4n) is 2.98. The van der Waals surface area contributed by atoms with Gasteiger partial charge in [0.25, 0.3) is 0 Å². The first-order valence-corrected chi connectivity index (χ1v) is 10.3. The second-order valence-corrected chi connectivity index (χ2v) is 7.96. The third kappa shape index (κ3) is 5.04. The van der Waals surface area contributed by atoms with Gasteiger partial charge in [-0.1, -0.05) is 30.3 Å². The highest BCUT2D eigenvalue weighted by Gasteiger charge is 2.08. The number of aliphatic hydroxyl groups excluding tert-OH is 1. The van der Waals surface area contributed by atoms with Gasteiger partial charge in [0.1, 0.15) is 11.6 Å². The molecule has 1 aromatic carbocycles. The monoisotopic (exact) mass is 402 g/mol. The van der Waals surface area contributed by atoms with Gasteiger partial charge in [0, 0.05) is 18.8 Å². The van der Waals surface area contributed by atoms with Crippen LogP contribution in [0, 0.1) is 6.92 Å². The quantitative estimate of drug-likeness (QED) is 0.459. The van der Waals surface area contributed by atoms with E-state index < -0.39 is 0 Å². The molecule has 0 aliphatic carbocycles. The van der Waals surface area contributed by atoms with Gasteiger partial charge < -0.3 is 10.4 Å². The van der Waals surface area contributed by atoms with Gasteiger partial charge in [-0.3, -0.25) is 0 Å². The summed E-state index contributed by atoms with van der Waals surface area (Å²) in [6.07, 6.45) is 5.49. The van der Waals surface area contributed by atoms with Crippen molar-refractivity contribution in [3.05, 3.63) is 88.7 Å². The van der Waals surface area contributed by atoms with Gasteiger partial charge in [0.05, 0.1) is 22.2 Å². The Kier molecular flexibility index (Phi) is 5.93. The predicted molar refractivity (Wildman–Crippen MR) is 117 cm³/mol. The van der Waals surface area contributed by atoms with Crippen molar-refractivity contribution in [1.29, 1.82) is 0 Å². The van der Waals surface area contributed by atoms with E-state index in [4.69, 9.17) is 10.1 Å². The zero-order chi connectivity index (χ0) is 20.1. The van der Waals surface area contributed by atoms with E-state index in [2.05, 4.69) is 27.4 Å². The average molecular weight is 403 g/mol. The maximum Gasteiger partial charge on any atom is 0.132 e. The van der Waals surface area contributed by atoms with Gasteiger partial charge >= 0.3 is 0 Å². The van der Waals surface area contributed by atoms with Gasteiger partial charge in [-0.15, -0.1) is 11.3 Å². The lowest BCUT2D eigenvalue weighted by molar-refractivity contribution is 0.282. The number of hydrogen-bond acceptors (Lipinski definition) is 6. The smallest absolute Gasteiger partial charge is 0.132 e. The molecule has 0 atom stereocenters. The SMILES string of the molecule is Cc1ccnc(Nc2cccc(-c3cnc(CCc4ccc(CO)cc4)s3)n2)c1. The summed E-state index contributed by atoms with van der Waals surface area (Å²) in [5.41, 5.74) is 4.23. The first-order valence-electron chi connectivity index (χ1n) is 9.50. The van der Waals surface area contributed by atoms with Crippen molar-refractivity contribution >= 4 is 23.0 Å². The van der Waals surface area contributed by atoms with Gasteiger partial charge in [-0.05, 0) is 54.3 Å². The number of anilines is 2. The van der Waals surface area contributed by atoms with Crippen molar-refractivity contribution in [1.82, 2.24) is 15.0 Å². The molecule has 0 saturated carbocycles. The zero-order valence-corrected chi connectivity index (χ0v) is 17.0. The predicted octanol–water partition coefficient (Wildman–Crippen LogP) is 4.93. The summed E-state index contributed by atoms with van der Waals surface area (Å²) in [7, 11) is 0. The van der Waals surface area contributed by atoms with E-state index in [0.29, 0.717) is 0 Å². The lowest BCUT2D eigenvalue weighted by Crippen LogP contribution is -1.96. The Morgan fingerprint density at radius 3 is 2.55 bits per heavy atom. The number of rotatable bonds is 7. The van der Waals surface area contributed by atoms with Crippen molar-refractivity contribution < 1.29 is 5.11 Å². The minimum Gasteiger partial charge on any atom is -0.392 e. The van der Waals surface area contributed by atoms with Crippen LogP contribution in [0.3, 0.4) is 0 Å². The van der Waals surface area contributed by atoms with Crippen LogP contribution in [0.2, 0.25) is 0 Å². The standard InChI is InChI=1S/C23H22N4OS/c1-16-11-12-24-22(13-16)27-21-4-2-3-19(26-21)20-14-25-23(29-20)10-9-17-5-7-18(15-28)8-6-17/h2-8,11-14,28H,9-10,15H2,1H3,(H,24,26,27). The van der Waals surface area contributed by atoms with Crippen molar-refractivity contribution in [2.75, 3.05) is 5.32 Å². The Morgan fingerprint density at radius 2 is 1.76 bits per heavy atom. The Bertz CT molecular complexity index is 1090. The molecular formula is C23H22N4OS. The summed E-state index contributed by atoms with van der Waals surface area (Å²) in [5.74, 6) is 1.55. The summed E-state index contributed by atoms with van der Waals surface area (Å²) in [6.45, 7) is 2.12. The summed E-state index contributed by atoms with van der Waals surface area (Å²) < 4.78 is 0. The molecule has 6 heteroatoms. The topological polar surface area (TPSA) is 70.9 Å². The fourth-order valence-corrected chi connectivity index (χ4v) is 3.87. The lowest BCUT2D eigenvalue weighted by Gasteiger charge is -2.06. The molecule has 29 heavy (non-hydrogen) atoms. The van der Waals surface area contributed by atoms with Crippen LogP contribution in [-0.2, 0) is 19.4 Å². The number of nitrogens with zero attached hydrogens (tertiary/aromatic N) is 3. The molecule has 0 saturated heterocycles. The number of aliphatic hydroxyl groups is 1. The van der Waals surface area contributed by atoms with E-state index >= 15 is 0 Å². The van der Waals surface area contributed by atoms with Gasteiger partial charge in [0.2, 0.25) is 0 Å². The number of hydrogen-bond donors (Lipinski definition) is 2. The van der Waals surface area contributed by atoms with Gasteiger partial charge in [-0.25, -0.2) is 15.0 Å². The van der Waals surface area contributed by atoms with Gasteiger partial charge in [0.15, 0.2) is 0 Å². The minimum atomic E-state index is 0.0803. The molecule has 0 spiro atoms. The van der Waals surface area contributed by atoms with Crippen LogP contribution in [0.15, 0.2) is 67.0 Å². The van der Waals surface area contributed by atoms with E-state index in [1.807, 2.05) is 55.6 Å². The molecule has 0 aliphatic rings. The minimum absolute atomic E-state index is 0.0803. The molecule has 0 amide bonds. The molecule has 3 aromatic heterocycles. The van der Waals surface area contributed by atoms with Crippen LogP contribution in [0.4, 0.5) is 11.6 Å².